The van der Waals surface area contributed by atoms with Crippen LogP contribution in [-0.2, 0) is 4.79 Å². The molecular weight excluding hydrogens is 206 g/mol. The van der Waals surface area contributed by atoms with E-state index in [-0.39, 0.29) is 23.8 Å². The third-order valence-electron chi connectivity index (χ3n) is 2.60. The first-order valence-corrected chi connectivity index (χ1v) is 5.42. The Labute approximate surface area is 95.0 Å². The first-order valence-electron chi connectivity index (χ1n) is 5.42. The normalized spacial score (nSPS) is 14.8. The third-order valence-corrected chi connectivity index (χ3v) is 2.60. The van der Waals surface area contributed by atoms with Gasteiger partial charge in [0, 0.05) is 6.54 Å². The maximum Gasteiger partial charge on any atom is 0.225 e. The lowest BCUT2D eigenvalue weighted by molar-refractivity contribution is -0.126. The third kappa shape index (κ3) is 3.03. The van der Waals surface area contributed by atoms with Crippen LogP contribution >= 0.6 is 0 Å². The van der Waals surface area contributed by atoms with Gasteiger partial charge in [0.05, 0.1) is 12.0 Å². The molecule has 1 heterocycles. The van der Waals surface area contributed by atoms with Crippen LogP contribution in [0.15, 0.2) is 6.33 Å². The molecule has 2 unspecified atom stereocenters. The highest BCUT2D eigenvalue weighted by Gasteiger charge is 2.22. The lowest BCUT2D eigenvalue weighted by atomic mass is 9.95. The number of amides is 1. The number of H-pyrrole nitrogens is 1. The van der Waals surface area contributed by atoms with E-state index >= 15 is 0 Å². The maximum absolute atomic E-state index is 11.9. The lowest BCUT2D eigenvalue weighted by Gasteiger charge is -2.20. The molecule has 0 spiro atoms. The second-order valence-electron chi connectivity index (χ2n) is 4.19. The molecule has 0 aliphatic heterocycles. The summed E-state index contributed by atoms with van der Waals surface area (Å²) in [7, 11) is 0. The van der Waals surface area contributed by atoms with Crippen molar-refractivity contribution >= 4 is 5.91 Å². The van der Waals surface area contributed by atoms with E-state index in [1.807, 2.05) is 20.8 Å². The van der Waals surface area contributed by atoms with Gasteiger partial charge in [-0.3, -0.25) is 9.89 Å². The van der Waals surface area contributed by atoms with E-state index in [0.717, 1.165) is 0 Å². The second-order valence-corrected chi connectivity index (χ2v) is 4.19. The molecule has 6 nitrogen and oxygen atoms in total. The molecule has 1 rings (SSSR count). The summed E-state index contributed by atoms with van der Waals surface area (Å²) in [6.45, 7) is 6.17. The molecule has 1 aromatic heterocycles. The smallest absolute Gasteiger partial charge is 0.225 e. The first kappa shape index (κ1) is 12.6. The van der Waals surface area contributed by atoms with Gasteiger partial charge in [0.15, 0.2) is 0 Å². The van der Waals surface area contributed by atoms with Crippen molar-refractivity contribution in [2.24, 2.45) is 17.6 Å². The fourth-order valence-corrected chi connectivity index (χ4v) is 1.49. The van der Waals surface area contributed by atoms with Crippen molar-refractivity contribution in [2.75, 3.05) is 6.54 Å². The van der Waals surface area contributed by atoms with Gasteiger partial charge in [0.25, 0.3) is 0 Å². The number of carbonyl (C=O) groups excluding carboxylic acids is 1. The molecule has 0 aliphatic carbocycles. The Balaban J connectivity index is 2.57. The highest BCUT2D eigenvalue weighted by molar-refractivity contribution is 5.79. The average Bonchev–Trinajstić information content (AvgIpc) is 2.70. The van der Waals surface area contributed by atoms with Crippen LogP contribution in [0.2, 0.25) is 0 Å². The van der Waals surface area contributed by atoms with E-state index in [4.69, 9.17) is 5.73 Å². The van der Waals surface area contributed by atoms with Gasteiger partial charge in [-0.2, -0.15) is 5.10 Å². The van der Waals surface area contributed by atoms with Crippen molar-refractivity contribution < 1.29 is 4.79 Å². The molecule has 16 heavy (non-hydrogen) atoms. The predicted octanol–water partition coefficient (Wildman–Crippen LogP) is 0.213. The molecular formula is C10H19N5O. The van der Waals surface area contributed by atoms with Gasteiger partial charge in [0.2, 0.25) is 5.91 Å². The van der Waals surface area contributed by atoms with Crippen LogP contribution < -0.4 is 11.1 Å². The number of nitrogens with zero attached hydrogens (tertiary/aromatic N) is 2. The Morgan fingerprint density at radius 3 is 2.69 bits per heavy atom. The summed E-state index contributed by atoms with van der Waals surface area (Å²) in [4.78, 5) is 15.9. The summed E-state index contributed by atoms with van der Waals surface area (Å²) < 4.78 is 0. The minimum absolute atomic E-state index is 0.0404. The molecule has 90 valence electrons. The second kappa shape index (κ2) is 5.60. The van der Waals surface area contributed by atoms with Crippen LogP contribution in [0, 0.1) is 11.8 Å². The summed E-state index contributed by atoms with van der Waals surface area (Å²) in [5, 5.41) is 9.32. The topological polar surface area (TPSA) is 96.7 Å². The lowest BCUT2D eigenvalue weighted by Crippen LogP contribution is -2.39. The van der Waals surface area contributed by atoms with Gasteiger partial charge in [0.1, 0.15) is 12.2 Å². The van der Waals surface area contributed by atoms with Crippen LogP contribution in [0.1, 0.15) is 32.6 Å². The summed E-state index contributed by atoms with van der Waals surface area (Å²) in [5.41, 5.74) is 5.57. The van der Waals surface area contributed by atoms with E-state index in [2.05, 4.69) is 20.5 Å². The zero-order chi connectivity index (χ0) is 12.1. The molecule has 1 amide bonds. The number of nitrogens with one attached hydrogen (secondary N) is 2. The highest BCUT2D eigenvalue weighted by Crippen LogP contribution is 2.12. The van der Waals surface area contributed by atoms with E-state index in [1.165, 1.54) is 6.33 Å². The Morgan fingerprint density at radius 1 is 1.56 bits per heavy atom. The summed E-state index contributed by atoms with van der Waals surface area (Å²) in [5.74, 6) is 0.673. The monoisotopic (exact) mass is 225 g/mol. The molecule has 0 aliphatic rings. The van der Waals surface area contributed by atoms with Crippen molar-refractivity contribution in [3.63, 3.8) is 0 Å². The fraction of sp³-hybridized carbons (Fsp3) is 0.700. The average molecular weight is 225 g/mol. The van der Waals surface area contributed by atoms with Gasteiger partial charge in [-0.15, -0.1) is 0 Å². The number of rotatable bonds is 5. The Bertz CT molecular complexity index is 322. The molecule has 0 fully saturated rings. The van der Waals surface area contributed by atoms with Crippen molar-refractivity contribution in [3.05, 3.63) is 12.2 Å². The summed E-state index contributed by atoms with van der Waals surface area (Å²) >= 11 is 0. The molecule has 0 saturated carbocycles. The number of carbonyl (C=O) groups is 1. The Hall–Kier alpha value is -1.43. The van der Waals surface area contributed by atoms with E-state index < -0.39 is 0 Å². The predicted molar refractivity (Wildman–Crippen MR) is 60.3 cm³/mol. The first-order chi connectivity index (χ1) is 7.56. The minimum Gasteiger partial charge on any atom is -0.346 e. The molecule has 4 N–H and O–H groups in total. The summed E-state index contributed by atoms with van der Waals surface area (Å²) in [6.07, 6.45) is 1.42. The molecule has 1 aromatic rings. The van der Waals surface area contributed by atoms with Crippen LogP contribution in [-0.4, -0.2) is 27.6 Å². The fourth-order valence-electron chi connectivity index (χ4n) is 1.49. The standard InChI is InChI=1S/C10H19N5O/c1-6(2)8(4-11)10(16)14-7(3)9-12-5-13-15-9/h5-8H,4,11H2,1-3H3,(H,14,16)(H,12,13,15). The van der Waals surface area contributed by atoms with Crippen LogP contribution in [0.4, 0.5) is 0 Å². The Kier molecular flexibility index (Phi) is 4.42. The van der Waals surface area contributed by atoms with Crippen molar-refractivity contribution in [1.82, 2.24) is 20.5 Å². The molecule has 0 bridgehead atoms. The van der Waals surface area contributed by atoms with Crippen molar-refractivity contribution in [3.8, 4) is 0 Å². The SMILES string of the molecule is CC(NC(=O)C(CN)C(C)C)c1ncn[nH]1. The Morgan fingerprint density at radius 2 is 2.25 bits per heavy atom. The maximum atomic E-state index is 11.9. The largest absolute Gasteiger partial charge is 0.346 e. The van der Waals surface area contributed by atoms with Crippen LogP contribution in [0.5, 0.6) is 0 Å². The molecule has 6 heteroatoms. The van der Waals surface area contributed by atoms with Gasteiger partial charge in [-0.05, 0) is 12.8 Å². The number of hydrogen-bond acceptors (Lipinski definition) is 4. The van der Waals surface area contributed by atoms with Crippen LogP contribution in [0.25, 0.3) is 0 Å². The molecule has 0 saturated heterocycles. The van der Waals surface area contributed by atoms with Crippen molar-refractivity contribution in [2.45, 2.75) is 26.8 Å². The molecule has 2 atom stereocenters. The number of aromatic amines is 1. The number of nitrogens with two attached hydrogens (primary N) is 1. The van der Waals surface area contributed by atoms with E-state index in [9.17, 15) is 4.79 Å². The van der Waals surface area contributed by atoms with Gasteiger partial charge < -0.3 is 11.1 Å². The molecule has 0 aromatic carbocycles. The number of hydrogen-bond donors (Lipinski definition) is 3. The van der Waals surface area contributed by atoms with Crippen molar-refractivity contribution in [1.29, 1.82) is 0 Å². The number of aromatic nitrogens is 3. The summed E-state index contributed by atoms with van der Waals surface area (Å²) in [6, 6.07) is -0.178. The van der Waals surface area contributed by atoms with Gasteiger partial charge in [-0.1, -0.05) is 13.8 Å². The highest BCUT2D eigenvalue weighted by atomic mass is 16.2. The van der Waals surface area contributed by atoms with Gasteiger partial charge >= 0.3 is 0 Å². The quantitative estimate of drug-likeness (QED) is 0.667. The zero-order valence-electron chi connectivity index (χ0n) is 9.90. The minimum atomic E-state index is -0.178. The van der Waals surface area contributed by atoms with E-state index in [0.29, 0.717) is 12.4 Å². The van der Waals surface area contributed by atoms with E-state index in [1.54, 1.807) is 0 Å². The van der Waals surface area contributed by atoms with Gasteiger partial charge in [-0.25, -0.2) is 4.98 Å². The zero-order valence-corrected chi connectivity index (χ0v) is 9.90. The van der Waals surface area contributed by atoms with Crippen LogP contribution in [0.3, 0.4) is 0 Å². The molecule has 0 radical (unpaired) electrons.